The van der Waals surface area contributed by atoms with Crippen LogP contribution in [0.5, 0.6) is 34.5 Å². The molecule has 42 heavy (non-hydrogen) atoms. The van der Waals surface area contributed by atoms with Crippen LogP contribution in [0.25, 0.3) is 28.0 Å². The fourth-order valence-corrected chi connectivity index (χ4v) is 4.74. The zero-order valence-corrected chi connectivity index (χ0v) is 21.3. The molecule has 3 aromatic carbocycles. The van der Waals surface area contributed by atoms with E-state index in [0.717, 1.165) is 30.3 Å². The molecular weight excluding hydrogens is 560 g/mol. The summed E-state index contributed by atoms with van der Waals surface area (Å²) >= 11 is 0. The van der Waals surface area contributed by atoms with Gasteiger partial charge >= 0.3 is 5.97 Å². The molecule has 14 nitrogen and oxygen atoms in total. The number of aliphatic hydroxyl groups is 3. The van der Waals surface area contributed by atoms with Crippen LogP contribution in [0.2, 0.25) is 0 Å². The predicted molar refractivity (Wildman–Crippen MR) is 142 cm³/mol. The van der Waals surface area contributed by atoms with Gasteiger partial charge in [-0.1, -0.05) is 6.07 Å². The molecule has 0 bridgehead atoms. The van der Waals surface area contributed by atoms with Gasteiger partial charge in [-0.05, 0) is 29.8 Å². The molecule has 9 N–H and O–H groups in total. The van der Waals surface area contributed by atoms with Crippen LogP contribution in [0, 0.1) is 0 Å². The number of carbonyl (C=O) groups excluding carboxylic acids is 1. The molecule has 1 aliphatic rings. The zero-order chi connectivity index (χ0) is 30.5. The summed E-state index contributed by atoms with van der Waals surface area (Å²) in [6, 6.07) is 6.50. The van der Waals surface area contributed by atoms with Gasteiger partial charge in [0.15, 0.2) is 29.1 Å². The van der Waals surface area contributed by atoms with Gasteiger partial charge in [-0.3, -0.25) is 4.79 Å². The molecule has 0 radical (unpaired) electrons. The second-order valence-electron chi connectivity index (χ2n) is 9.54. The highest BCUT2D eigenvalue weighted by atomic mass is 16.6. The number of aliphatic hydroxyl groups excluding tert-OH is 3. The maximum Gasteiger partial charge on any atom is 0.331 e. The predicted octanol–water partition coefficient (Wildman–Crippen LogP) is 0.959. The summed E-state index contributed by atoms with van der Waals surface area (Å²) < 4.78 is 16.5. The lowest BCUT2D eigenvalue weighted by molar-refractivity contribution is -0.240. The first-order chi connectivity index (χ1) is 19.9. The topological polar surface area (TPSA) is 248 Å². The molecule has 1 fully saturated rings. The van der Waals surface area contributed by atoms with Crippen molar-refractivity contribution in [3.63, 3.8) is 0 Å². The van der Waals surface area contributed by atoms with E-state index >= 15 is 0 Å². The first-order valence-electron chi connectivity index (χ1n) is 12.3. The molecular formula is C28H24O14. The summed E-state index contributed by atoms with van der Waals surface area (Å²) in [7, 11) is 0. The van der Waals surface area contributed by atoms with Crippen LogP contribution in [0.3, 0.4) is 0 Å². The van der Waals surface area contributed by atoms with Gasteiger partial charge in [0.2, 0.25) is 5.43 Å². The second-order valence-corrected chi connectivity index (χ2v) is 9.54. The van der Waals surface area contributed by atoms with Gasteiger partial charge in [0, 0.05) is 18.2 Å². The number of aromatic hydroxyl groups is 6. The molecule has 5 rings (SSSR count). The number of fused-ring (bicyclic) bond motifs is 2. The van der Waals surface area contributed by atoms with Crippen LogP contribution < -0.4 is 5.43 Å². The van der Waals surface area contributed by atoms with Crippen molar-refractivity contribution in [2.45, 2.75) is 30.5 Å². The Morgan fingerprint density at radius 1 is 0.857 bits per heavy atom. The molecule has 220 valence electrons. The van der Waals surface area contributed by atoms with Crippen molar-refractivity contribution >= 4 is 34.0 Å². The minimum Gasteiger partial charge on any atom is -0.507 e. The molecule has 5 atom stereocenters. The standard InChI is InChI=1S/C28H24O14/c29-9-19-24(37)26(39)28(42-20(35)4-2-10-1-3-12(30)13(31)5-10)27(41-19)21-16(34)8-18-22(25(21)38)23(36)11-6-14(32)15(33)7-17(11)40-18/h1-8,19,24,26-34,37-39H,9H2/b4-2+/t19-,24-,26+,27?,28-/m1/s1. The largest absolute Gasteiger partial charge is 0.507 e. The number of phenolic OH excluding ortho intramolecular Hbond substituents is 6. The van der Waals surface area contributed by atoms with Crippen LogP contribution in [0.1, 0.15) is 17.2 Å². The summed E-state index contributed by atoms with van der Waals surface area (Å²) in [6.07, 6.45) is -6.64. The van der Waals surface area contributed by atoms with E-state index in [-0.39, 0.29) is 27.9 Å². The first kappa shape index (κ1) is 28.5. The summed E-state index contributed by atoms with van der Waals surface area (Å²) in [5.74, 6) is -4.83. The third kappa shape index (κ3) is 4.88. The highest BCUT2D eigenvalue weighted by molar-refractivity contribution is 5.96. The molecule has 1 aliphatic heterocycles. The van der Waals surface area contributed by atoms with Crippen LogP contribution in [0.15, 0.2) is 51.7 Å². The minimum atomic E-state index is -1.92. The van der Waals surface area contributed by atoms with Crippen molar-refractivity contribution in [2.75, 3.05) is 6.61 Å². The van der Waals surface area contributed by atoms with Crippen LogP contribution in [-0.2, 0) is 14.3 Å². The fraction of sp³-hybridized carbons (Fsp3) is 0.214. The van der Waals surface area contributed by atoms with Crippen molar-refractivity contribution in [2.24, 2.45) is 0 Å². The van der Waals surface area contributed by atoms with Crippen molar-refractivity contribution < 1.29 is 64.6 Å². The lowest BCUT2D eigenvalue weighted by atomic mass is 9.89. The van der Waals surface area contributed by atoms with E-state index in [4.69, 9.17) is 13.9 Å². The third-order valence-corrected chi connectivity index (χ3v) is 6.87. The molecule has 0 amide bonds. The summed E-state index contributed by atoms with van der Waals surface area (Å²) in [5, 5.41) is 91.0. The van der Waals surface area contributed by atoms with E-state index in [1.165, 1.54) is 18.2 Å². The molecule has 0 saturated carbocycles. The van der Waals surface area contributed by atoms with Gasteiger partial charge in [0.1, 0.15) is 52.5 Å². The molecule has 14 heteroatoms. The molecule has 1 saturated heterocycles. The summed E-state index contributed by atoms with van der Waals surface area (Å²) in [6.45, 7) is -0.829. The van der Waals surface area contributed by atoms with E-state index in [2.05, 4.69) is 0 Å². The Bertz CT molecular complexity index is 1790. The highest BCUT2D eigenvalue weighted by Crippen LogP contribution is 2.46. The van der Waals surface area contributed by atoms with E-state index in [9.17, 15) is 55.5 Å². The van der Waals surface area contributed by atoms with Crippen LogP contribution in [-0.4, -0.2) is 83.0 Å². The average Bonchev–Trinajstić information content (AvgIpc) is 2.94. The van der Waals surface area contributed by atoms with E-state index < -0.39 is 88.2 Å². The Morgan fingerprint density at radius 3 is 2.21 bits per heavy atom. The Hall–Kier alpha value is -5.02. The number of benzene rings is 3. The van der Waals surface area contributed by atoms with Gasteiger partial charge in [-0.25, -0.2) is 4.79 Å². The highest BCUT2D eigenvalue weighted by Gasteiger charge is 2.49. The Morgan fingerprint density at radius 2 is 1.52 bits per heavy atom. The van der Waals surface area contributed by atoms with E-state index in [0.29, 0.717) is 0 Å². The number of ether oxygens (including phenoxy) is 2. The van der Waals surface area contributed by atoms with Crippen molar-refractivity contribution in [3.05, 3.63) is 63.8 Å². The van der Waals surface area contributed by atoms with E-state index in [1.807, 2.05) is 0 Å². The van der Waals surface area contributed by atoms with Gasteiger partial charge in [0.25, 0.3) is 0 Å². The van der Waals surface area contributed by atoms with Crippen molar-refractivity contribution in [1.29, 1.82) is 0 Å². The Labute approximate surface area is 234 Å². The number of rotatable bonds is 5. The SMILES string of the molecule is O=C(/C=C/c1ccc(O)c(O)c1)O[C@H]1C(c2c(O)cc3oc4cc(O)c(O)cc4c(=O)c3c2O)O[C@H](CO)[C@@H](O)[C@@H]1O. The Balaban J connectivity index is 1.59. The van der Waals surface area contributed by atoms with Crippen molar-refractivity contribution in [1.82, 2.24) is 0 Å². The maximum atomic E-state index is 13.3. The van der Waals surface area contributed by atoms with Gasteiger partial charge in [-0.2, -0.15) is 0 Å². The average molecular weight is 584 g/mol. The summed E-state index contributed by atoms with van der Waals surface area (Å²) in [4.78, 5) is 26.0. The minimum absolute atomic E-state index is 0.178. The molecule has 1 unspecified atom stereocenters. The number of hydrogen-bond acceptors (Lipinski definition) is 14. The number of esters is 1. The first-order valence-corrected chi connectivity index (χ1v) is 12.3. The monoisotopic (exact) mass is 584 g/mol. The van der Waals surface area contributed by atoms with Gasteiger partial charge < -0.3 is 59.8 Å². The third-order valence-electron chi connectivity index (χ3n) is 6.87. The number of phenols is 6. The number of hydrogen-bond donors (Lipinski definition) is 9. The molecule has 0 aliphatic carbocycles. The molecule has 2 heterocycles. The van der Waals surface area contributed by atoms with Gasteiger partial charge in [0.05, 0.1) is 17.6 Å². The smallest absolute Gasteiger partial charge is 0.331 e. The zero-order valence-electron chi connectivity index (χ0n) is 21.3. The van der Waals surface area contributed by atoms with Gasteiger partial charge in [-0.15, -0.1) is 0 Å². The molecule has 4 aromatic rings. The molecule has 0 spiro atoms. The second kappa shape index (κ2) is 10.8. The van der Waals surface area contributed by atoms with Crippen LogP contribution in [0.4, 0.5) is 0 Å². The maximum absolute atomic E-state index is 13.3. The Kier molecular flexibility index (Phi) is 7.30. The number of carbonyl (C=O) groups is 1. The quantitative estimate of drug-likeness (QED) is 0.0686. The van der Waals surface area contributed by atoms with E-state index in [1.54, 1.807) is 0 Å². The fourth-order valence-electron chi connectivity index (χ4n) is 4.74. The van der Waals surface area contributed by atoms with Crippen molar-refractivity contribution in [3.8, 4) is 34.5 Å². The van der Waals surface area contributed by atoms with Crippen LogP contribution >= 0.6 is 0 Å². The normalized spacial score (nSPS) is 22.6. The molecule has 1 aromatic heterocycles. The lowest BCUT2D eigenvalue weighted by Crippen LogP contribution is -2.56. The summed E-state index contributed by atoms with van der Waals surface area (Å²) in [5.41, 5.74) is -1.67. The lowest BCUT2D eigenvalue weighted by Gasteiger charge is -2.42.